The molecule has 1 aliphatic carbocycles. The Morgan fingerprint density at radius 3 is 3.17 bits per heavy atom. The zero-order valence-electron chi connectivity index (χ0n) is 10.3. The van der Waals surface area contributed by atoms with Crippen molar-refractivity contribution >= 4 is 38.6 Å². The molecule has 0 aliphatic heterocycles. The first kappa shape index (κ1) is 12.9. The Morgan fingerprint density at radius 2 is 2.39 bits per heavy atom. The normalized spacial score (nSPS) is 20.7. The minimum atomic E-state index is 0.436. The number of hydrogen-bond donors (Lipinski definition) is 1. The van der Waals surface area contributed by atoms with E-state index in [1.54, 1.807) is 16.2 Å². The summed E-state index contributed by atoms with van der Waals surface area (Å²) in [4.78, 5) is 1.56. The molecule has 18 heavy (non-hydrogen) atoms. The van der Waals surface area contributed by atoms with Gasteiger partial charge in [0, 0.05) is 17.0 Å². The van der Waals surface area contributed by atoms with E-state index >= 15 is 0 Å². The average molecular weight is 342 g/mol. The minimum Gasteiger partial charge on any atom is -0.303 e. The van der Waals surface area contributed by atoms with Gasteiger partial charge < -0.3 is 5.32 Å². The van der Waals surface area contributed by atoms with Gasteiger partial charge in [0.1, 0.15) is 0 Å². The Balaban J connectivity index is 1.78. The van der Waals surface area contributed by atoms with Crippen molar-refractivity contribution < 1.29 is 0 Å². The fourth-order valence-corrected chi connectivity index (χ4v) is 5.19. The van der Waals surface area contributed by atoms with Gasteiger partial charge in [-0.1, -0.05) is 0 Å². The monoisotopic (exact) mass is 341 g/mol. The Hall–Kier alpha value is -0.160. The summed E-state index contributed by atoms with van der Waals surface area (Å²) in [5, 5.41) is 8.18. The molecule has 0 bridgehead atoms. The second-order valence-corrected chi connectivity index (χ2v) is 8.11. The number of fused-ring (bicyclic) bond motifs is 1. The summed E-state index contributed by atoms with van der Waals surface area (Å²) in [6.45, 7) is 2.26. The smallest absolute Gasteiger partial charge is 0.0704 e. The molecule has 2 unspecified atom stereocenters. The lowest BCUT2D eigenvalue weighted by atomic mass is 9.93. The van der Waals surface area contributed by atoms with Gasteiger partial charge in [-0.2, -0.15) is 11.3 Å². The number of nitrogens with one attached hydrogen (secondary N) is 1. The highest BCUT2D eigenvalue weighted by Crippen LogP contribution is 2.39. The zero-order valence-corrected chi connectivity index (χ0v) is 13.5. The second kappa shape index (κ2) is 5.45. The standard InChI is InChI=1S/C14H16BrNS2/c1-9(10-5-6-17-8-10)16-12-3-2-4-13-11(12)7-14(15)18-13/h5-9,12,16H,2-4H2,1H3. The third-order valence-corrected chi connectivity index (χ3v) is 5.99. The van der Waals surface area contributed by atoms with E-state index < -0.39 is 0 Å². The SMILES string of the molecule is CC(NC1CCCc2sc(Br)cc21)c1ccsc1. The minimum absolute atomic E-state index is 0.436. The molecule has 2 aromatic rings. The van der Waals surface area contributed by atoms with E-state index in [1.807, 2.05) is 11.3 Å². The van der Waals surface area contributed by atoms with Gasteiger partial charge in [-0.05, 0) is 76.1 Å². The lowest BCUT2D eigenvalue weighted by Crippen LogP contribution is -2.26. The third-order valence-electron chi connectivity index (χ3n) is 3.58. The van der Waals surface area contributed by atoms with Crippen molar-refractivity contribution in [2.45, 2.75) is 38.3 Å². The van der Waals surface area contributed by atoms with Crippen molar-refractivity contribution in [1.82, 2.24) is 5.32 Å². The van der Waals surface area contributed by atoms with E-state index in [2.05, 4.69) is 51.1 Å². The zero-order chi connectivity index (χ0) is 12.5. The van der Waals surface area contributed by atoms with Crippen LogP contribution in [0.2, 0.25) is 0 Å². The van der Waals surface area contributed by atoms with Gasteiger partial charge in [-0.15, -0.1) is 11.3 Å². The Kier molecular flexibility index (Phi) is 3.89. The van der Waals surface area contributed by atoms with Crippen LogP contribution in [0.3, 0.4) is 0 Å². The Bertz CT molecular complexity index is 518. The largest absolute Gasteiger partial charge is 0.303 e. The molecule has 0 radical (unpaired) electrons. The van der Waals surface area contributed by atoms with Crippen LogP contribution in [0, 0.1) is 0 Å². The van der Waals surface area contributed by atoms with Crippen LogP contribution in [0.15, 0.2) is 26.7 Å². The molecule has 0 saturated heterocycles. The number of rotatable bonds is 3. The van der Waals surface area contributed by atoms with Crippen molar-refractivity contribution in [3.8, 4) is 0 Å². The highest BCUT2D eigenvalue weighted by molar-refractivity contribution is 9.11. The van der Waals surface area contributed by atoms with Crippen LogP contribution < -0.4 is 5.32 Å². The molecular formula is C14H16BrNS2. The van der Waals surface area contributed by atoms with Crippen LogP contribution in [0.25, 0.3) is 0 Å². The quantitative estimate of drug-likeness (QED) is 0.798. The van der Waals surface area contributed by atoms with Crippen molar-refractivity contribution in [2.24, 2.45) is 0 Å². The lowest BCUT2D eigenvalue weighted by Gasteiger charge is -2.27. The van der Waals surface area contributed by atoms with E-state index in [4.69, 9.17) is 0 Å². The lowest BCUT2D eigenvalue weighted by molar-refractivity contribution is 0.419. The van der Waals surface area contributed by atoms with Crippen LogP contribution in [0.5, 0.6) is 0 Å². The Morgan fingerprint density at radius 1 is 1.50 bits per heavy atom. The molecule has 0 aromatic carbocycles. The molecule has 1 N–H and O–H groups in total. The molecule has 0 fully saturated rings. The van der Waals surface area contributed by atoms with Crippen LogP contribution in [-0.2, 0) is 6.42 Å². The van der Waals surface area contributed by atoms with Crippen molar-refractivity contribution in [3.63, 3.8) is 0 Å². The molecule has 0 spiro atoms. The van der Waals surface area contributed by atoms with E-state index in [0.717, 1.165) is 0 Å². The average Bonchev–Trinajstić information content (AvgIpc) is 2.96. The maximum Gasteiger partial charge on any atom is 0.0704 e. The summed E-state index contributed by atoms with van der Waals surface area (Å²) in [7, 11) is 0. The van der Waals surface area contributed by atoms with E-state index in [-0.39, 0.29) is 0 Å². The van der Waals surface area contributed by atoms with Crippen molar-refractivity contribution in [1.29, 1.82) is 0 Å². The van der Waals surface area contributed by atoms with Crippen LogP contribution in [0.4, 0.5) is 0 Å². The first-order valence-corrected chi connectivity index (χ1v) is 8.85. The third kappa shape index (κ3) is 2.57. The summed E-state index contributed by atoms with van der Waals surface area (Å²) in [5.74, 6) is 0. The second-order valence-electron chi connectivity index (χ2n) is 4.82. The summed E-state index contributed by atoms with van der Waals surface area (Å²) in [6.07, 6.45) is 3.80. The van der Waals surface area contributed by atoms with Crippen molar-refractivity contribution in [3.05, 3.63) is 42.7 Å². The van der Waals surface area contributed by atoms with E-state index in [1.165, 1.54) is 34.2 Å². The number of thiophene rings is 2. The molecule has 2 atom stereocenters. The summed E-state index contributed by atoms with van der Waals surface area (Å²) >= 11 is 7.29. The number of hydrogen-bond acceptors (Lipinski definition) is 3. The van der Waals surface area contributed by atoms with Gasteiger partial charge in [-0.3, -0.25) is 0 Å². The highest BCUT2D eigenvalue weighted by Gasteiger charge is 2.24. The maximum atomic E-state index is 3.78. The molecule has 3 rings (SSSR count). The fraction of sp³-hybridized carbons (Fsp3) is 0.429. The molecule has 0 saturated carbocycles. The fourth-order valence-electron chi connectivity index (χ4n) is 2.61. The topological polar surface area (TPSA) is 12.0 Å². The molecule has 1 nitrogen and oxygen atoms in total. The molecule has 1 aliphatic rings. The van der Waals surface area contributed by atoms with Gasteiger partial charge in [0.15, 0.2) is 0 Å². The summed E-state index contributed by atoms with van der Waals surface area (Å²) in [5.41, 5.74) is 2.92. The van der Waals surface area contributed by atoms with Crippen LogP contribution in [0.1, 0.15) is 47.9 Å². The van der Waals surface area contributed by atoms with Crippen LogP contribution in [-0.4, -0.2) is 0 Å². The molecule has 4 heteroatoms. The number of halogens is 1. The van der Waals surface area contributed by atoms with E-state index in [9.17, 15) is 0 Å². The first-order chi connectivity index (χ1) is 8.74. The van der Waals surface area contributed by atoms with Gasteiger partial charge in [0.2, 0.25) is 0 Å². The van der Waals surface area contributed by atoms with Gasteiger partial charge in [-0.25, -0.2) is 0 Å². The van der Waals surface area contributed by atoms with Crippen LogP contribution >= 0.6 is 38.6 Å². The molecule has 0 amide bonds. The summed E-state index contributed by atoms with van der Waals surface area (Å²) < 4.78 is 1.27. The predicted octanol–water partition coefficient (Wildman–Crippen LogP) is 5.30. The molecule has 96 valence electrons. The Labute approximate surface area is 124 Å². The number of aryl methyl sites for hydroxylation is 1. The van der Waals surface area contributed by atoms with Gasteiger partial charge >= 0.3 is 0 Å². The molecule has 2 aromatic heterocycles. The van der Waals surface area contributed by atoms with Crippen molar-refractivity contribution in [2.75, 3.05) is 0 Å². The van der Waals surface area contributed by atoms with Gasteiger partial charge in [0.25, 0.3) is 0 Å². The first-order valence-electron chi connectivity index (χ1n) is 6.30. The molecule has 2 heterocycles. The van der Waals surface area contributed by atoms with Gasteiger partial charge in [0.05, 0.1) is 3.79 Å². The molecular weight excluding hydrogens is 326 g/mol. The highest BCUT2D eigenvalue weighted by atomic mass is 79.9. The predicted molar refractivity (Wildman–Crippen MR) is 83.6 cm³/mol. The van der Waals surface area contributed by atoms with E-state index in [0.29, 0.717) is 12.1 Å². The summed E-state index contributed by atoms with van der Waals surface area (Å²) in [6, 6.07) is 5.48. The maximum absolute atomic E-state index is 3.78.